The Morgan fingerprint density at radius 3 is 2.07 bits per heavy atom. The molecule has 0 radical (unpaired) electrons. The second kappa shape index (κ2) is 9.47. The van der Waals surface area contributed by atoms with Crippen LogP contribution in [0, 0.1) is 0 Å². The first kappa shape index (κ1) is 25.1. The van der Waals surface area contributed by atoms with Crippen LogP contribution >= 0.6 is 15.9 Å². The summed E-state index contributed by atoms with van der Waals surface area (Å²) in [6.45, 7) is 4.69. The topological polar surface area (TPSA) is 16.4 Å². The first-order valence-corrected chi connectivity index (χ1v) is 15.1. The number of hydrogen-bond donors (Lipinski definition) is 0. The second-order valence-corrected chi connectivity index (χ2v) is 12.3. The fourth-order valence-corrected chi connectivity index (χ4v) is 7.26. The van der Waals surface area contributed by atoms with E-state index in [1.165, 1.54) is 33.4 Å². The number of rotatable bonds is 4. The van der Waals surface area contributed by atoms with Gasteiger partial charge in [0.05, 0.1) is 15.8 Å². The van der Waals surface area contributed by atoms with Gasteiger partial charge in [0.2, 0.25) is 0 Å². The fraction of sp³-hybridized carbons (Fsp3) is 0.0769. The Kier molecular flexibility index (Phi) is 5.67. The van der Waals surface area contributed by atoms with Gasteiger partial charge in [-0.2, -0.15) is 0 Å². The lowest BCUT2D eigenvalue weighted by Gasteiger charge is -2.32. The Morgan fingerprint density at radius 1 is 0.571 bits per heavy atom. The molecule has 202 valence electrons. The summed E-state index contributed by atoms with van der Waals surface area (Å²) in [5.74, 6) is 0. The van der Waals surface area contributed by atoms with Crippen LogP contribution in [0.3, 0.4) is 0 Å². The Labute approximate surface area is 254 Å². The van der Waals surface area contributed by atoms with Crippen molar-refractivity contribution in [3.63, 3.8) is 0 Å². The minimum atomic E-state index is -0.178. The van der Waals surface area contributed by atoms with E-state index in [-0.39, 0.29) is 5.41 Å². The Hall–Kier alpha value is -4.60. The van der Waals surface area contributed by atoms with Gasteiger partial charge in [-0.05, 0) is 79.6 Å². The maximum atomic E-state index is 6.70. The molecule has 1 heterocycles. The molecular formula is C39H28BrNO. The molecule has 0 aliphatic heterocycles. The zero-order valence-electron chi connectivity index (χ0n) is 23.4. The summed E-state index contributed by atoms with van der Waals surface area (Å²) in [7, 11) is 0. The van der Waals surface area contributed by atoms with Gasteiger partial charge in [0.1, 0.15) is 5.58 Å². The summed E-state index contributed by atoms with van der Waals surface area (Å²) >= 11 is 3.73. The molecule has 42 heavy (non-hydrogen) atoms. The second-order valence-electron chi connectivity index (χ2n) is 11.5. The van der Waals surface area contributed by atoms with E-state index in [9.17, 15) is 0 Å². The third kappa shape index (κ3) is 3.70. The van der Waals surface area contributed by atoms with Crippen LogP contribution < -0.4 is 4.90 Å². The average Bonchev–Trinajstić information content (AvgIpc) is 3.53. The van der Waals surface area contributed by atoms with Crippen molar-refractivity contribution in [2.45, 2.75) is 19.3 Å². The highest BCUT2D eigenvalue weighted by atomic mass is 79.9. The van der Waals surface area contributed by atoms with Crippen LogP contribution in [-0.4, -0.2) is 0 Å². The van der Waals surface area contributed by atoms with Gasteiger partial charge in [-0.15, -0.1) is 0 Å². The van der Waals surface area contributed by atoms with Crippen LogP contribution in [0.1, 0.15) is 25.0 Å². The fourth-order valence-electron chi connectivity index (χ4n) is 6.82. The van der Waals surface area contributed by atoms with E-state index in [1.807, 2.05) is 6.07 Å². The molecule has 3 heteroatoms. The van der Waals surface area contributed by atoms with Crippen molar-refractivity contribution in [1.82, 2.24) is 0 Å². The first-order valence-electron chi connectivity index (χ1n) is 14.3. The van der Waals surface area contributed by atoms with E-state index < -0.39 is 0 Å². The molecule has 8 rings (SSSR count). The molecule has 6 aromatic carbocycles. The van der Waals surface area contributed by atoms with Crippen molar-refractivity contribution in [3.8, 4) is 22.3 Å². The molecule has 1 aromatic heterocycles. The SMILES string of the molecule is CC1(C)c2ccccc2-c2cccc(N(c3cccc(-c4ccccc4)c3)c3cccc4c3oc3c(Br)cccc34)c21. The van der Waals surface area contributed by atoms with E-state index in [2.05, 4.69) is 162 Å². The summed E-state index contributed by atoms with van der Waals surface area (Å²) in [6.07, 6.45) is 0. The highest BCUT2D eigenvalue weighted by molar-refractivity contribution is 9.10. The Balaban J connectivity index is 1.44. The molecule has 0 fully saturated rings. The van der Waals surface area contributed by atoms with Crippen LogP contribution in [-0.2, 0) is 5.41 Å². The zero-order chi connectivity index (χ0) is 28.4. The summed E-state index contributed by atoms with van der Waals surface area (Å²) < 4.78 is 7.65. The Morgan fingerprint density at radius 2 is 1.21 bits per heavy atom. The van der Waals surface area contributed by atoms with Gasteiger partial charge in [0.15, 0.2) is 5.58 Å². The molecule has 7 aromatic rings. The number of fused-ring (bicyclic) bond motifs is 6. The predicted molar refractivity (Wildman–Crippen MR) is 179 cm³/mol. The smallest absolute Gasteiger partial charge is 0.159 e. The van der Waals surface area contributed by atoms with Crippen LogP contribution in [0.4, 0.5) is 17.1 Å². The molecule has 2 nitrogen and oxygen atoms in total. The van der Waals surface area contributed by atoms with E-state index in [0.717, 1.165) is 43.5 Å². The monoisotopic (exact) mass is 605 g/mol. The maximum absolute atomic E-state index is 6.70. The Bertz CT molecular complexity index is 2140. The molecule has 0 amide bonds. The molecule has 0 spiro atoms. The highest BCUT2D eigenvalue weighted by Gasteiger charge is 2.39. The molecule has 0 bridgehead atoms. The molecule has 0 saturated carbocycles. The van der Waals surface area contributed by atoms with Gasteiger partial charge in [0, 0.05) is 21.9 Å². The summed E-state index contributed by atoms with van der Waals surface area (Å²) in [5, 5.41) is 2.20. The van der Waals surface area contributed by atoms with Crippen molar-refractivity contribution in [2.24, 2.45) is 0 Å². The van der Waals surface area contributed by atoms with Crippen LogP contribution in [0.25, 0.3) is 44.2 Å². The predicted octanol–water partition coefficient (Wildman–Crippen LogP) is 11.8. The standard InChI is InChI=1S/C39H28BrNO/c1-39(2)32-20-7-6-16-28(32)29-17-10-22-34(36(29)39)41(27-15-8-14-26(24-27)25-12-4-3-5-13-25)35-23-11-19-31-30-18-9-21-33(40)37(30)42-38(31)35/h3-24H,1-2H3. The van der Waals surface area contributed by atoms with Crippen LogP contribution in [0.15, 0.2) is 142 Å². The molecule has 0 N–H and O–H groups in total. The minimum absolute atomic E-state index is 0.178. The maximum Gasteiger partial charge on any atom is 0.159 e. The zero-order valence-corrected chi connectivity index (χ0v) is 25.0. The van der Waals surface area contributed by atoms with E-state index >= 15 is 0 Å². The van der Waals surface area contributed by atoms with Crippen LogP contribution in [0.2, 0.25) is 0 Å². The van der Waals surface area contributed by atoms with Gasteiger partial charge in [-0.3, -0.25) is 0 Å². The van der Waals surface area contributed by atoms with Gasteiger partial charge in [0.25, 0.3) is 0 Å². The number of benzene rings is 6. The summed E-state index contributed by atoms with van der Waals surface area (Å²) in [4.78, 5) is 2.40. The molecule has 1 aliphatic carbocycles. The lowest BCUT2D eigenvalue weighted by molar-refractivity contribution is 0.658. The largest absolute Gasteiger partial charge is 0.453 e. The number of furan rings is 1. The van der Waals surface area contributed by atoms with E-state index in [1.54, 1.807) is 0 Å². The van der Waals surface area contributed by atoms with Crippen molar-refractivity contribution >= 4 is 54.9 Å². The van der Waals surface area contributed by atoms with Crippen molar-refractivity contribution in [1.29, 1.82) is 0 Å². The lowest BCUT2D eigenvalue weighted by atomic mass is 9.81. The molecule has 0 saturated heterocycles. The molecule has 1 aliphatic rings. The molecule has 0 atom stereocenters. The van der Waals surface area contributed by atoms with Gasteiger partial charge in [-0.25, -0.2) is 0 Å². The van der Waals surface area contributed by atoms with Crippen molar-refractivity contribution in [3.05, 3.63) is 149 Å². The van der Waals surface area contributed by atoms with E-state index in [4.69, 9.17) is 4.42 Å². The number of anilines is 3. The number of para-hydroxylation sites is 2. The van der Waals surface area contributed by atoms with Crippen LogP contribution in [0.5, 0.6) is 0 Å². The van der Waals surface area contributed by atoms with Gasteiger partial charge < -0.3 is 9.32 Å². The average molecular weight is 607 g/mol. The third-order valence-corrected chi connectivity index (χ3v) is 9.33. The lowest BCUT2D eigenvalue weighted by Crippen LogP contribution is -2.20. The molecular weight excluding hydrogens is 578 g/mol. The third-order valence-electron chi connectivity index (χ3n) is 8.71. The number of halogens is 1. The summed E-state index contributed by atoms with van der Waals surface area (Å²) in [5.41, 5.74) is 12.5. The minimum Gasteiger partial charge on any atom is -0.453 e. The summed E-state index contributed by atoms with van der Waals surface area (Å²) in [6, 6.07) is 47.7. The quantitative estimate of drug-likeness (QED) is 0.198. The number of nitrogens with zero attached hydrogens (tertiary/aromatic N) is 1. The highest BCUT2D eigenvalue weighted by Crippen LogP contribution is 2.55. The molecule has 0 unspecified atom stereocenters. The van der Waals surface area contributed by atoms with E-state index in [0.29, 0.717) is 0 Å². The van der Waals surface area contributed by atoms with Crippen molar-refractivity contribution in [2.75, 3.05) is 4.90 Å². The normalized spacial score (nSPS) is 13.3. The van der Waals surface area contributed by atoms with Gasteiger partial charge in [-0.1, -0.05) is 117 Å². The van der Waals surface area contributed by atoms with Gasteiger partial charge >= 0.3 is 0 Å². The number of hydrogen-bond acceptors (Lipinski definition) is 2. The van der Waals surface area contributed by atoms with Crippen molar-refractivity contribution < 1.29 is 4.42 Å². The first-order chi connectivity index (χ1) is 20.5.